The number of ether oxygens (including phenoxy) is 1. The highest BCUT2D eigenvalue weighted by Crippen LogP contribution is 2.39. The van der Waals surface area contributed by atoms with Gasteiger partial charge in [0.25, 0.3) is 0 Å². The molecule has 6 heteroatoms. The number of hydrogen-bond acceptors (Lipinski definition) is 3. The maximum atomic E-state index is 5.86. The fourth-order valence-corrected chi connectivity index (χ4v) is 4.41. The summed E-state index contributed by atoms with van der Waals surface area (Å²) in [5, 5.41) is 4.33. The van der Waals surface area contributed by atoms with Gasteiger partial charge in [0.2, 0.25) is 0 Å². The van der Waals surface area contributed by atoms with Gasteiger partial charge in [0.05, 0.1) is 23.9 Å². The molecule has 4 heterocycles. The van der Waals surface area contributed by atoms with Gasteiger partial charge in [-0.25, -0.2) is 0 Å². The van der Waals surface area contributed by atoms with Crippen molar-refractivity contribution in [3.8, 4) is 0 Å². The number of aromatic nitrogens is 2. The molecule has 2 aromatic rings. The second kappa shape index (κ2) is 7.76. The van der Waals surface area contributed by atoms with Crippen molar-refractivity contribution in [1.29, 1.82) is 0 Å². The predicted octanol–water partition coefficient (Wildman–Crippen LogP) is 3.44. The molecule has 2 aromatic heterocycles. The van der Waals surface area contributed by atoms with E-state index in [4.69, 9.17) is 17.0 Å². The van der Waals surface area contributed by atoms with E-state index in [1.807, 2.05) is 18.3 Å². The molecule has 2 aliphatic heterocycles. The largest absolute Gasteiger partial charge is 0.376 e. The van der Waals surface area contributed by atoms with Crippen LogP contribution in [0.2, 0.25) is 0 Å². The number of nitrogens with one attached hydrogen (secondary N) is 1. The maximum Gasteiger partial charge on any atom is 0.170 e. The summed E-state index contributed by atoms with van der Waals surface area (Å²) in [6, 6.07) is 10.6. The van der Waals surface area contributed by atoms with E-state index in [2.05, 4.69) is 51.1 Å². The average molecular weight is 371 g/mol. The molecule has 4 rings (SSSR count). The van der Waals surface area contributed by atoms with Crippen molar-refractivity contribution >= 4 is 17.3 Å². The molecule has 0 saturated carbocycles. The van der Waals surface area contributed by atoms with Crippen molar-refractivity contribution in [2.24, 2.45) is 0 Å². The first-order valence-corrected chi connectivity index (χ1v) is 9.93. The number of thiocarbonyl (C=S) groups is 1. The Hall–Kier alpha value is -1.92. The van der Waals surface area contributed by atoms with Crippen molar-refractivity contribution in [3.63, 3.8) is 0 Å². The first-order valence-electron chi connectivity index (χ1n) is 9.52. The Balaban J connectivity index is 1.68. The Morgan fingerprint density at radius 3 is 2.96 bits per heavy atom. The molecule has 0 amide bonds. The monoisotopic (exact) mass is 370 g/mol. The van der Waals surface area contributed by atoms with Crippen molar-refractivity contribution in [2.45, 2.75) is 50.9 Å². The molecule has 0 spiro atoms. The Labute approximate surface area is 160 Å². The van der Waals surface area contributed by atoms with Crippen molar-refractivity contribution in [2.75, 3.05) is 13.2 Å². The van der Waals surface area contributed by atoms with Crippen molar-refractivity contribution in [1.82, 2.24) is 19.8 Å². The molecule has 0 unspecified atom stereocenters. The van der Waals surface area contributed by atoms with E-state index in [0.717, 1.165) is 49.8 Å². The molecule has 0 aromatic carbocycles. The average Bonchev–Trinajstić information content (AvgIpc) is 3.39. The minimum Gasteiger partial charge on any atom is -0.376 e. The van der Waals surface area contributed by atoms with Gasteiger partial charge in [-0.1, -0.05) is 13.0 Å². The number of hydrogen-bond donors (Lipinski definition) is 1. The van der Waals surface area contributed by atoms with E-state index in [9.17, 15) is 0 Å². The quantitative estimate of drug-likeness (QED) is 0.789. The first kappa shape index (κ1) is 17.5. The predicted molar refractivity (Wildman–Crippen MR) is 106 cm³/mol. The minimum absolute atomic E-state index is 0.0633. The molecule has 138 valence electrons. The van der Waals surface area contributed by atoms with Crippen LogP contribution in [0.1, 0.15) is 49.7 Å². The molecule has 5 nitrogen and oxygen atoms in total. The highest BCUT2D eigenvalue weighted by atomic mass is 32.1. The van der Waals surface area contributed by atoms with Crippen LogP contribution in [0.4, 0.5) is 0 Å². The van der Waals surface area contributed by atoms with E-state index in [-0.39, 0.29) is 12.1 Å². The van der Waals surface area contributed by atoms with Gasteiger partial charge in [-0.3, -0.25) is 4.98 Å². The zero-order valence-electron chi connectivity index (χ0n) is 15.2. The number of nitrogens with zero attached hydrogens (tertiary/aromatic N) is 3. The fraction of sp³-hybridized carbons (Fsp3) is 0.500. The second-order valence-electron chi connectivity index (χ2n) is 7.04. The second-order valence-corrected chi connectivity index (χ2v) is 7.43. The summed E-state index contributed by atoms with van der Waals surface area (Å²) in [6.07, 6.45) is 7.69. The van der Waals surface area contributed by atoms with E-state index < -0.39 is 0 Å². The molecule has 26 heavy (non-hydrogen) atoms. The molecule has 2 aliphatic rings. The third kappa shape index (κ3) is 3.35. The van der Waals surface area contributed by atoms with Crippen molar-refractivity contribution in [3.05, 3.63) is 54.1 Å². The van der Waals surface area contributed by atoms with Crippen LogP contribution in [0.5, 0.6) is 0 Å². The molecule has 3 atom stereocenters. The molecule has 2 fully saturated rings. The van der Waals surface area contributed by atoms with Gasteiger partial charge in [-0.15, -0.1) is 0 Å². The van der Waals surface area contributed by atoms with Gasteiger partial charge in [0.1, 0.15) is 0 Å². The van der Waals surface area contributed by atoms with Gasteiger partial charge >= 0.3 is 0 Å². The normalized spacial score (nSPS) is 25.7. The smallest absolute Gasteiger partial charge is 0.170 e. The van der Waals surface area contributed by atoms with Crippen molar-refractivity contribution < 1.29 is 4.74 Å². The van der Waals surface area contributed by atoms with Gasteiger partial charge in [0, 0.05) is 37.8 Å². The van der Waals surface area contributed by atoms with Crippen LogP contribution in [-0.2, 0) is 11.3 Å². The lowest BCUT2D eigenvalue weighted by atomic mass is 10.0. The van der Waals surface area contributed by atoms with Gasteiger partial charge in [0.15, 0.2) is 5.11 Å². The highest BCUT2D eigenvalue weighted by molar-refractivity contribution is 7.80. The van der Waals surface area contributed by atoms with Crippen LogP contribution < -0.4 is 5.32 Å². The lowest BCUT2D eigenvalue weighted by Crippen LogP contribution is -2.31. The fourth-order valence-electron chi connectivity index (χ4n) is 4.08. The van der Waals surface area contributed by atoms with E-state index in [0.29, 0.717) is 6.10 Å². The lowest BCUT2D eigenvalue weighted by Gasteiger charge is -2.29. The van der Waals surface area contributed by atoms with Gasteiger partial charge in [-0.05, 0) is 55.7 Å². The zero-order valence-corrected chi connectivity index (χ0v) is 16.0. The molecule has 0 bridgehead atoms. The Bertz CT molecular complexity index is 741. The molecule has 0 radical (unpaired) electrons. The topological polar surface area (TPSA) is 42.3 Å². The minimum atomic E-state index is 0.0633. The summed E-state index contributed by atoms with van der Waals surface area (Å²) in [7, 11) is 0. The lowest BCUT2D eigenvalue weighted by molar-refractivity contribution is 0.0953. The van der Waals surface area contributed by atoms with Crippen LogP contribution >= 0.6 is 12.2 Å². The summed E-state index contributed by atoms with van der Waals surface area (Å²) in [5.74, 6) is 0. The number of rotatable bonds is 6. The van der Waals surface area contributed by atoms with Crippen LogP contribution in [-0.4, -0.2) is 38.8 Å². The first-order chi connectivity index (χ1) is 12.8. The summed E-state index contributed by atoms with van der Waals surface area (Å²) in [6.45, 7) is 4.92. The Morgan fingerprint density at radius 2 is 2.23 bits per heavy atom. The third-order valence-electron chi connectivity index (χ3n) is 5.25. The standard InChI is InChI=1S/C20H26N4OS/c1-2-11-24-19(18(22-20(24)26)16-8-3-4-10-21-16)17-9-5-12-23(17)14-15-7-6-13-25-15/h3-5,8-10,12,15,18-19H,2,6-7,11,13-14H2,1H3,(H,22,26)/t15-,18-,19-/m0/s1. The number of pyridine rings is 1. The molecule has 0 aliphatic carbocycles. The van der Waals surface area contributed by atoms with Crippen LogP contribution in [0.3, 0.4) is 0 Å². The SMILES string of the molecule is CCCN1C(=S)N[C@@H](c2ccccn2)[C@@H]1c1cccn1C[C@@H]1CCCO1. The maximum absolute atomic E-state index is 5.86. The van der Waals surface area contributed by atoms with Crippen LogP contribution in [0.15, 0.2) is 42.7 Å². The molecule has 1 N–H and O–H groups in total. The summed E-state index contributed by atoms with van der Waals surface area (Å²) in [4.78, 5) is 6.92. The van der Waals surface area contributed by atoms with Gasteiger partial charge in [-0.2, -0.15) is 0 Å². The highest BCUT2D eigenvalue weighted by Gasteiger charge is 2.40. The van der Waals surface area contributed by atoms with Crippen LogP contribution in [0.25, 0.3) is 0 Å². The summed E-state index contributed by atoms with van der Waals surface area (Å²) < 4.78 is 8.20. The van der Waals surface area contributed by atoms with E-state index in [1.165, 1.54) is 5.69 Å². The summed E-state index contributed by atoms with van der Waals surface area (Å²) in [5.41, 5.74) is 2.31. The molecular formula is C20H26N4OS. The van der Waals surface area contributed by atoms with Gasteiger partial charge < -0.3 is 19.5 Å². The van der Waals surface area contributed by atoms with Crippen LogP contribution in [0, 0.1) is 0 Å². The van der Waals surface area contributed by atoms with E-state index in [1.54, 1.807) is 0 Å². The zero-order chi connectivity index (χ0) is 17.9. The molecular weight excluding hydrogens is 344 g/mol. The Kier molecular flexibility index (Phi) is 5.22. The van der Waals surface area contributed by atoms with E-state index >= 15 is 0 Å². The Morgan fingerprint density at radius 1 is 1.31 bits per heavy atom. The molecule has 2 saturated heterocycles. The summed E-state index contributed by atoms with van der Waals surface area (Å²) >= 11 is 5.67. The third-order valence-corrected chi connectivity index (χ3v) is 5.61.